The Morgan fingerprint density at radius 3 is 2.67 bits per heavy atom. The smallest absolute Gasteiger partial charge is 0.251 e. The Labute approximate surface area is 245 Å². The first kappa shape index (κ1) is 28.3. The van der Waals surface area contributed by atoms with Crippen LogP contribution in [0.15, 0.2) is 65.7 Å². The normalized spacial score (nSPS) is 20.1. The van der Waals surface area contributed by atoms with Crippen molar-refractivity contribution < 1.29 is 22.7 Å². The number of nitrogens with one attached hydrogen (secondary N) is 1. The number of carbonyl (C=O) groups is 1. The molecule has 10 heteroatoms. The van der Waals surface area contributed by atoms with Crippen LogP contribution in [0.25, 0.3) is 22.0 Å². The van der Waals surface area contributed by atoms with Crippen molar-refractivity contribution in [1.29, 1.82) is 0 Å². The average Bonchev–Trinajstić information content (AvgIpc) is 3.13. The third kappa shape index (κ3) is 5.88. The SMILES string of the molecule is Cc1cc(C(=O)NCc2cc3cc(-c4cccc(N5C[C@@H](C)O[C@@H](C)C5)n4)ccc3cn2)cc2c1COCCS2(=O)=O. The number of hydrogen-bond donors (Lipinski definition) is 1. The molecule has 1 amide bonds. The molecule has 0 unspecified atom stereocenters. The number of benzene rings is 2. The molecule has 4 aromatic rings. The van der Waals surface area contributed by atoms with E-state index in [1.165, 1.54) is 6.07 Å². The van der Waals surface area contributed by atoms with Crippen molar-refractivity contribution in [2.24, 2.45) is 0 Å². The van der Waals surface area contributed by atoms with Crippen molar-refractivity contribution in [3.8, 4) is 11.3 Å². The lowest BCUT2D eigenvalue weighted by Gasteiger charge is -2.36. The number of morpholine rings is 1. The number of pyridine rings is 2. The van der Waals surface area contributed by atoms with Crippen molar-refractivity contribution in [2.45, 2.75) is 51.0 Å². The lowest BCUT2D eigenvalue weighted by atomic mass is 10.0. The van der Waals surface area contributed by atoms with E-state index in [4.69, 9.17) is 14.5 Å². The number of aryl methyl sites for hydroxylation is 1. The highest BCUT2D eigenvalue weighted by Gasteiger charge is 2.26. The van der Waals surface area contributed by atoms with Crippen LogP contribution in [0.4, 0.5) is 5.82 Å². The Morgan fingerprint density at radius 1 is 1.05 bits per heavy atom. The van der Waals surface area contributed by atoms with Crippen LogP contribution in [-0.2, 0) is 32.5 Å². The number of sulfone groups is 1. The molecule has 1 saturated heterocycles. The highest BCUT2D eigenvalue weighted by molar-refractivity contribution is 7.91. The maximum atomic E-state index is 13.1. The Kier molecular flexibility index (Phi) is 7.69. The predicted molar refractivity (Wildman–Crippen MR) is 161 cm³/mol. The van der Waals surface area contributed by atoms with E-state index in [2.05, 4.69) is 35.1 Å². The van der Waals surface area contributed by atoms with Crippen LogP contribution in [0.5, 0.6) is 0 Å². The molecular weight excluding hydrogens is 552 g/mol. The van der Waals surface area contributed by atoms with E-state index in [9.17, 15) is 13.2 Å². The van der Waals surface area contributed by atoms with Crippen LogP contribution in [0.3, 0.4) is 0 Å². The lowest BCUT2D eigenvalue weighted by Crippen LogP contribution is -2.45. The number of anilines is 1. The zero-order chi connectivity index (χ0) is 29.4. The van der Waals surface area contributed by atoms with Gasteiger partial charge in [0, 0.05) is 35.8 Å². The van der Waals surface area contributed by atoms with Crippen LogP contribution in [0.2, 0.25) is 0 Å². The third-order valence-electron chi connectivity index (χ3n) is 7.75. The van der Waals surface area contributed by atoms with E-state index < -0.39 is 9.84 Å². The first-order valence-corrected chi connectivity index (χ1v) is 15.8. The number of ether oxygens (including phenoxy) is 2. The van der Waals surface area contributed by atoms with Crippen LogP contribution in [0, 0.1) is 6.92 Å². The number of hydrogen-bond acceptors (Lipinski definition) is 8. The quantitative estimate of drug-likeness (QED) is 0.365. The Morgan fingerprint density at radius 2 is 1.86 bits per heavy atom. The van der Waals surface area contributed by atoms with E-state index in [-0.39, 0.29) is 48.5 Å². The molecule has 1 fully saturated rings. The summed E-state index contributed by atoms with van der Waals surface area (Å²) in [4.78, 5) is 25.0. The number of fused-ring (bicyclic) bond motifs is 2. The van der Waals surface area contributed by atoms with Gasteiger partial charge in [0.2, 0.25) is 0 Å². The summed E-state index contributed by atoms with van der Waals surface area (Å²) >= 11 is 0. The first-order chi connectivity index (χ1) is 20.2. The van der Waals surface area contributed by atoms with Crippen molar-refractivity contribution in [2.75, 3.05) is 30.3 Å². The molecule has 1 N–H and O–H groups in total. The molecule has 2 aromatic heterocycles. The van der Waals surface area contributed by atoms with Gasteiger partial charge in [-0.1, -0.05) is 18.2 Å². The number of amides is 1. The third-order valence-corrected chi connectivity index (χ3v) is 9.49. The fraction of sp³-hybridized carbons (Fsp3) is 0.344. The molecule has 0 radical (unpaired) electrons. The highest BCUT2D eigenvalue weighted by Crippen LogP contribution is 2.28. The molecule has 6 rings (SSSR count). The number of aromatic nitrogens is 2. The van der Waals surface area contributed by atoms with Gasteiger partial charge in [-0.05, 0) is 73.7 Å². The van der Waals surface area contributed by atoms with E-state index >= 15 is 0 Å². The molecule has 4 heterocycles. The fourth-order valence-corrected chi connectivity index (χ4v) is 7.13. The molecule has 2 aliphatic rings. The van der Waals surface area contributed by atoms with Crippen molar-refractivity contribution >= 4 is 32.3 Å². The van der Waals surface area contributed by atoms with Gasteiger partial charge in [0.05, 0.1) is 54.0 Å². The van der Waals surface area contributed by atoms with Gasteiger partial charge in [-0.15, -0.1) is 0 Å². The summed E-state index contributed by atoms with van der Waals surface area (Å²) in [5, 5.41) is 4.87. The average molecular weight is 587 g/mol. The lowest BCUT2D eigenvalue weighted by molar-refractivity contribution is -0.00545. The molecule has 218 valence electrons. The number of rotatable bonds is 5. The van der Waals surface area contributed by atoms with E-state index in [0.29, 0.717) is 16.8 Å². The topological polar surface area (TPSA) is 111 Å². The monoisotopic (exact) mass is 586 g/mol. The molecule has 42 heavy (non-hydrogen) atoms. The minimum Gasteiger partial charge on any atom is -0.376 e. The molecule has 9 nitrogen and oxygen atoms in total. The second-order valence-corrected chi connectivity index (χ2v) is 13.2. The van der Waals surface area contributed by atoms with Gasteiger partial charge >= 0.3 is 0 Å². The maximum absolute atomic E-state index is 13.1. The van der Waals surface area contributed by atoms with Crippen molar-refractivity contribution in [3.63, 3.8) is 0 Å². The molecule has 0 aliphatic carbocycles. The van der Waals surface area contributed by atoms with Gasteiger partial charge < -0.3 is 19.7 Å². The minimum atomic E-state index is -3.52. The summed E-state index contributed by atoms with van der Waals surface area (Å²) < 4.78 is 36.8. The van der Waals surface area contributed by atoms with Gasteiger partial charge in [-0.3, -0.25) is 9.78 Å². The second kappa shape index (κ2) is 11.4. The summed E-state index contributed by atoms with van der Waals surface area (Å²) in [7, 11) is -3.52. The molecule has 2 aliphatic heterocycles. The number of nitrogens with zero attached hydrogens (tertiary/aromatic N) is 3. The second-order valence-electron chi connectivity index (χ2n) is 11.1. The van der Waals surface area contributed by atoms with Crippen LogP contribution in [-0.4, -0.2) is 62.0 Å². The van der Waals surface area contributed by atoms with Gasteiger partial charge in [-0.25, -0.2) is 13.4 Å². The van der Waals surface area contributed by atoms with Crippen LogP contribution in [0.1, 0.15) is 41.0 Å². The first-order valence-electron chi connectivity index (χ1n) is 14.1. The zero-order valence-electron chi connectivity index (χ0n) is 24.0. The molecule has 2 atom stereocenters. The highest BCUT2D eigenvalue weighted by atomic mass is 32.2. The zero-order valence-corrected chi connectivity index (χ0v) is 24.8. The Balaban J connectivity index is 1.21. The van der Waals surface area contributed by atoms with Crippen LogP contribution < -0.4 is 10.2 Å². The maximum Gasteiger partial charge on any atom is 0.251 e. The standard InChI is InChI=1S/C32H34N4O5S/c1-20-11-26(14-30-28(20)19-40-9-10-42(30,38)39)32(37)34-16-27-13-25-12-23(7-8-24(25)15-33-27)29-5-4-6-31(35-29)36-17-21(2)41-22(3)18-36/h4-8,11-15,21-22H,9-10,16-19H2,1-3H3,(H,34,37)/t21-,22+. The summed E-state index contributed by atoms with van der Waals surface area (Å²) in [6.07, 6.45) is 2.09. The summed E-state index contributed by atoms with van der Waals surface area (Å²) in [6, 6.07) is 17.4. The van der Waals surface area contributed by atoms with Gasteiger partial charge in [0.25, 0.3) is 5.91 Å². The van der Waals surface area contributed by atoms with E-state index in [1.54, 1.807) is 19.2 Å². The summed E-state index contributed by atoms with van der Waals surface area (Å²) in [6.45, 7) is 8.12. The van der Waals surface area contributed by atoms with Crippen molar-refractivity contribution in [3.05, 3.63) is 83.2 Å². The van der Waals surface area contributed by atoms with E-state index in [1.807, 2.05) is 36.4 Å². The summed E-state index contributed by atoms with van der Waals surface area (Å²) in [5.41, 5.74) is 4.20. The van der Waals surface area contributed by atoms with Gasteiger partial charge in [0.15, 0.2) is 9.84 Å². The predicted octanol–water partition coefficient (Wildman–Crippen LogP) is 4.45. The Hall–Kier alpha value is -3.86. The number of carbonyl (C=O) groups excluding carboxylic acids is 1. The molecule has 0 saturated carbocycles. The van der Waals surface area contributed by atoms with Gasteiger partial charge in [0.1, 0.15) is 5.82 Å². The van der Waals surface area contributed by atoms with E-state index in [0.717, 1.165) is 46.5 Å². The molecular formula is C32H34N4O5S. The van der Waals surface area contributed by atoms with Crippen LogP contribution >= 0.6 is 0 Å². The largest absolute Gasteiger partial charge is 0.376 e. The Bertz CT molecular complexity index is 1760. The summed E-state index contributed by atoms with van der Waals surface area (Å²) in [5.74, 6) is 0.477. The minimum absolute atomic E-state index is 0.0983. The van der Waals surface area contributed by atoms with Crippen molar-refractivity contribution in [1.82, 2.24) is 15.3 Å². The van der Waals surface area contributed by atoms with Gasteiger partial charge in [-0.2, -0.15) is 0 Å². The fourth-order valence-electron chi connectivity index (χ4n) is 5.67. The molecule has 0 spiro atoms. The molecule has 2 aromatic carbocycles. The molecule has 0 bridgehead atoms.